The molecule has 1 aliphatic carbocycles. The highest BCUT2D eigenvalue weighted by atomic mass is 35.5. The summed E-state index contributed by atoms with van der Waals surface area (Å²) in [6.45, 7) is 0. The van der Waals surface area contributed by atoms with E-state index in [-0.39, 0.29) is 17.5 Å². The van der Waals surface area contributed by atoms with E-state index in [9.17, 15) is 9.18 Å². The Bertz CT molecular complexity index is 403. The van der Waals surface area contributed by atoms with E-state index < -0.39 is 0 Å². The van der Waals surface area contributed by atoms with Crippen molar-refractivity contribution in [1.82, 2.24) is 0 Å². The second kappa shape index (κ2) is 4.96. The lowest BCUT2D eigenvalue weighted by molar-refractivity contribution is -0.119. The maximum Gasteiger partial charge on any atom is 0.133 e. The first-order valence-corrected chi connectivity index (χ1v) is 6.01. The van der Waals surface area contributed by atoms with E-state index in [2.05, 4.69) is 0 Å². The summed E-state index contributed by atoms with van der Waals surface area (Å²) in [6, 6.07) is 4.39. The number of carbonyl (C=O) groups is 1. The number of benzene rings is 1. The van der Waals surface area contributed by atoms with Gasteiger partial charge in [0.05, 0.1) is 0 Å². The van der Waals surface area contributed by atoms with Crippen molar-refractivity contribution in [3.05, 3.63) is 34.6 Å². The standard InChI is InChI=1S/C13H14ClFO/c14-13-6-5-10(15)8-12(13)9-3-1-2-4-11(16)7-9/h5-6,8-9H,1-4,7H2. The summed E-state index contributed by atoms with van der Waals surface area (Å²) in [7, 11) is 0. The molecule has 0 radical (unpaired) electrons. The number of hydrogen-bond donors (Lipinski definition) is 0. The molecule has 86 valence electrons. The highest BCUT2D eigenvalue weighted by Crippen LogP contribution is 2.34. The average molecular weight is 241 g/mol. The Morgan fingerprint density at radius 1 is 1.31 bits per heavy atom. The van der Waals surface area contributed by atoms with Crippen molar-refractivity contribution in [1.29, 1.82) is 0 Å². The van der Waals surface area contributed by atoms with Gasteiger partial charge in [0.15, 0.2) is 0 Å². The summed E-state index contributed by atoms with van der Waals surface area (Å²) < 4.78 is 13.2. The molecule has 0 aliphatic heterocycles. The molecule has 1 aromatic rings. The van der Waals surface area contributed by atoms with Crippen molar-refractivity contribution in [3.63, 3.8) is 0 Å². The van der Waals surface area contributed by atoms with Crippen LogP contribution in [0.2, 0.25) is 5.02 Å². The predicted octanol–water partition coefficient (Wildman–Crippen LogP) is 4.10. The van der Waals surface area contributed by atoms with Crippen LogP contribution < -0.4 is 0 Å². The van der Waals surface area contributed by atoms with E-state index in [0.29, 0.717) is 17.9 Å². The molecule has 0 N–H and O–H groups in total. The number of hydrogen-bond acceptors (Lipinski definition) is 1. The molecule has 0 aromatic heterocycles. The van der Waals surface area contributed by atoms with Gasteiger partial charge >= 0.3 is 0 Å². The monoisotopic (exact) mass is 240 g/mol. The number of halogens is 2. The number of rotatable bonds is 1. The maximum absolute atomic E-state index is 13.2. The second-order valence-corrected chi connectivity index (χ2v) is 4.76. The first kappa shape index (κ1) is 11.6. The molecule has 0 spiro atoms. The van der Waals surface area contributed by atoms with Crippen LogP contribution in [0.4, 0.5) is 4.39 Å². The zero-order valence-corrected chi connectivity index (χ0v) is 9.77. The summed E-state index contributed by atoms with van der Waals surface area (Å²) in [5.41, 5.74) is 0.789. The van der Waals surface area contributed by atoms with Gasteiger partial charge in [-0.1, -0.05) is 18.0 Å². The van der Waals surface area contributed by atoms with Gasteiger partial charge in [-0.05, 0) is 42.5 Å². The van der Waals surface area contributed by atoms with Gasteiger partial charge in [-0.2, -0.15) is 0 Å². The summed E-state index contributed by atoms with van der Waals surface area (Å²) in [4.78, 5) is 11.5. The third kappa shape index (κ3) is 2.62. The Morgan fingerprint density at radius 3 is 2.94 bits per heavy atom. The molecule has 0 heterocycles. The minimum Gasteiger partial charge on any atom is -0.300 e. The van der Waals surface area contributed by atoms with Gasteiger partial charge < -0.3 is 0 Å². The molecule has 1 atom stereocenters. The first-order chi connectivity index (χ1) is 7.66. The van der Waals surface area contributed by atoms with E-state index in [0.717, 1.165) is 24.8 Å². The quantitative estimate of drug-likeness (QED) is 0.676. The van der Waals surface area contributed by atoms with E-state index >= 15 is 0 Å². The van der Waals surface area contributed by atoms with E-state index in [4.69, 9.17) is 11.6 Å². The molecule has 1 nitrogen and oxygen atoms in total. The van der Waals surface area contributed by atoms with Crippen molar-refractivity contribution in [2.75, 3.05) is 0 Å². The molecular formula is C13H14ClFO. The van der Waals surface area contributed by atoms with E-state index in [1.807, 2.05) is 0 Å². The Kier molecular flexibility index (Phi) is 3.59. The molecule has 1 fully saturated rings. The molecular weight excluding hydrogens is 227 g/mol. The lowest BCUT2D eigenvalue weighted by Crippen LogP contribution is -2.04. The van der Waals surface area contributed by atoms with Crippen LogP contribution in [-0.4, -0.2) is 5.78 Å². The van der Waals surface area contributed by atoms with Gasteiger partial charge in [-0.25, -0.2) is 4.39 Å². The smallest absolute Gasteiger partial charge is 0.133 e. The van der Waals surface area contributed by atoms with E-state index in [1.54, 1.807) is 6.07 Å². The SMILES string of the molecule is O=C1CCCCC(c2cc(F)ccc2Cl)C1. The molecule has 16 heavy (non-hydrogen) atoms. The molecule has 1 aromatic carbocycles. The largest absolute Gasteiger partial charge is 0.300 e. The molecule has 1 saturated carbocycles. The summed E-state index contributed by atoms with van der Waals surface area (Å²) >= 11 is 6.05. The van der Waals surface area contributed by atoms with Gasteiger partial charge in [0.25, 0.3) is 0 Å². The van der Waals surface area contributed by atoms with E-state index in [1.165, 1.54) is 12.1 Å². The van der Waals surface area contributed by atoms with Crippen molar-refractivity contribution in [2.45, 2.75) is 38.0 Å². The average Bonchev–Trinajstić information content (AvgIpc) is 2.46. The predicted molar refractivity (Wildman–Crippen MR) is 62.2 cm³/mol. The van der Waals surface area contributed by atoms with Gasteiger partial charge in [-0.3, -0.25) is 4.79 Å². The number of ketones is 1. The van der Waals surface area contributed by atoms with Crippen LogP contribution in [0.15, 0.2) is 18.2 Å². The van der Waals surface area contributed by atoms with Gasteiger partial charge in [-0.15, -0.1) is 0 Å². The fraction of sp³-hybridized carbons (Fsp3) is 0.462. The van der Waals surface area contributed by atoms with Gasteiger partial charge in [0, 0.05) is 17.9 Å². The number of carbonyl (C=O) groups excluding carboxylic acids is 1. The first-order valence-electron chi connectivity index (χ1n) is 5.63. The molecule has 0 bridgehead atoms. The van der Waals surface area contributed by atoms with Crippen molar-refractivity contribution in [2.24, 2.45) is 0 Å². The second-order valence-electron chi connectivity index (χ2n) is 4.35. The summed E-state index contributed by atoms with van der Waals surface area (Å²) in [5.74, 6) is 0.0807. The zero-order chi connectivity index (χ0) is 11.5. The zero-order valence-electron chi connectivity index (χ0n) is 9.01. The third-order valence-electron chi connectivity index (χ3n) is 3.13. The van der Waals surface area contributed by atoms with Crippen molar-refractivity contribution in [3.8, 4) is 0 Å². The van der Waals surface area contributed by atoms with Crippen LogP contribution >= 0.6 is 11.6 Å². The maximum atomic E-state index is 13.2. The topological polar surface area (TPSA) is 17.1 Å². The fourth-order valence-electron chi connectivity index (χ4n) is 2.28. The third-order valence-corrected chi connectivity index (χ3v) is 3.47. The van der Waals surface area contributed by atoms with Crippen LogP contribution in [0, 0.1) is 5.82 Å². The molecule has 0 saturated heterocycles. The lowest BCUT2D eigenvalue weighted by Gasteiger charge is -2.15. The highest BCUT2D eigenvalue weighted by molar-refractivity contribution is 6.31. The highest BCUT2D eigenvalue weighted by Gasteiger charge is 2.21. The van der Waals surface area contributed by atoms with Crippen LogP contribution in [0.3, 0.4) is 0 Å². The van der Waals surface area contributed by atoms with Crippen LogP contribution in [-0.2, 0) is 4.79 Å². The van der Waals surface area contributed by atoms with Gasteiger partial charge in [0.2, 0.25) is 0 Å². The Morgan fingerprint density at radius 2 is 2.12 bits per heavy atom. The normalized spacial score (nSPS) is 21.9. The fourth-order valence-corrected chi connectivity index (χ4v) is 2.56. The molecule has 1 aliphatic rings. The number of Topliss-reactive ketones (excluding diaryl/α,β-unsaturated/α-hetero) is 1. The van der Waals surface area contributed by atoms with Crippen molar-refractivity contribution >= 4 is 17.4 Å². The molecule has 3 heteroatoms. The van der Waals surface area contributed by atoms with Crippen molar-refractivity contribution < 1.29 is 9.18 Å². The minimum absolute atomic E-state index is 0.0956. The Balaban J connectivity index is 2.27. The van der Waals surface area contributed by atoms with Gasteiger partial charge in [0.1, 0.15) is 11.6 Å². The molecule has 1 unspecified atom stereocenters. The van der Waals surface area contributed by atoms with Crippen LogP contribution in [0.1, 0.15) is 43.6 Å². The summed E-state index contributed by atoms with van der Waals surface area (Å²) in [5, 5.41) is 0.570. The minimum atomic E-state index is -0.281. The lowest BCUT2D eigenvalue weighted by atomic mass is 9.91. The summed E-state index contributed by atoms with van der Waals surface area (Å²) in [6.07, 6.45) is 4.05. The van der Waals surface area contributed by atoms with Crippen LogP contribution in [0.5, 0.6) is 0 Å². The Labute approximate surface area is 99.6 Å². The molecule has 0 amide bonds. The molecule has 2 rings (SSSR count). The van der Waals surface area contributed by atoms with Crippen LogP contribution in [0.25, 0.3) is 0 Å². The Hall–Kier alpha value is -0.890.